The van der Waals surface area contributed by atoms with Gasteiger partial charge in [-0.05, 0) is 19.1 Å². The lowest BCUT2D eigenvalue weighted by atomic mass is 9.93. The molecule has 98 valence electrons. The van der Waals surface area contributed by atoms with Crippen LogP contribution in [0, 0.1) is 12.8 Å². The summed E-state index contributed by atoms with van der Waals surface area (Å²) in [6.45, 7) is 3.93. The molecule has 1 aliphatic rings. The molecule has 0 aromatic carbocycles. The van der Waals surface area contributed by atoms with Crippen molar-refractivity contribution in [1.82, 2.24) is 15.0 Å². The molecule has 3 heterocycles. The van der Waals surface area contributed by atoms with Crippen LogP contribution in [0.25, 0.3) is 5.52 Å². The molecule has 0 saturated heterocycles. The molecule has 0 spiro atoms. The van der Waals surface area contributed by atoms with Gasteiger partial charge in [-0.25, -0.2) is 9.94 Å². The molecule has 3 rings (SSSR count). The van der Waals surface area contributed by atoms with E-state index in [4.69, 9.17) is 11.6 Å². The number of pyridine rings is 1. The molecular weight excluding hydrogens is 264 g/mol. The van der Waals surface area contributed by atoms with Gasteiger partial charge < -0.3 is 0 Å². The van der Waals surface area contributed by atoms with Crippen LogP contribution >= 0.6 is 11.6 Å². The monoisotopic (exact) mass is 276 g/mol. The Bertz CT molecular complexity index is 704. The summed E-state index contributed by atoms with van der Waals surface area (Å²) in [4.78, 5) is 11.3. The third-order valence-corrected chi connectivity index (χ3v) is 3.51. The molecular formula is C13H13ClN4O. The van der Waals surface area contributed by atoms with Crippen LogP contribution in [0.2, 0.25) is 5.02 Å². The van der Waals surface area contributed by atoms with Crippen LogP contribution in [0.1, 0.15) is 24.6 Å². The average Bonchev–Trinajstić information content (AvgIpc) is 2.65. The number of halogens is 1. The number of carbonyl (C=O) groups excluding carboxylic acids is 1. The number of aromatic nitrogens is 2. The second-order valence-electron chi connectivity index (χ2n) is 4.77. The van der Waals surface area contributed by atoms with E-state index in [2.05, 4.69) is 15.6 Å². The van der Waals surface area contributed by atoms with E-state index in [0.717, 1.165) is 22.5 Å². The Hall–Kier alpha value is -1.88. The van der Waals surface area contributed by atoms with E-state index in [1.807, 2.05) is 26.0 Å². The number of hydrazone groups is 1. The van der Waals surface area contributed by atoms with Crippen molar-refractivity contribution in [2.75, 3.05) is 0 Å². The third kappa shape index (κ3) is 2.00. The van der Waals surface area contributed by atoms with Gasteiger partial charge in [0.25, 0.3) is 0 Å². The first kappa shape index (κ1) is 12.2. The quantitative estimate of drug-likeness (QED) is 0.868. The van der Waals surface area contributed by atoms with Crippen LogP contribution in [0.15, 0.2) is 23.4 Å². The summed E-state index contributed by atoms with van der Waals surface area (Å²) in [5.74, 6) is 0.0320. The second-order valence-corrected chi connectivity index (χ2v) is 5.21. The Labute approximate surface area is 115 Å². The number of hydrogen-bond acceptors (Lipinski definition) is 3. The number of aryl methyl sites for hydroxylation is 1. The predicted molar refractivity (Wildman–Crippen MR) is 73.4 cm³/mol. The first-order valence-electron chi connectivity index (χ1n) is 6.07. The summed E-state index contributed by atoms with van der Waals surface area (Å²) >= 11 is 5.97. The van der Waals surface area contributed by atoms with Crippen LogP contribution in [-0.2, 0) is 4.79 Å². The zero-order chi connectivity index (χ0) is 13.6. The van der Waals surface area contributed by atoms with Gasteiger partial charge in [-0.1, -0.05) is 18.5 Å². The van der Waals surface area contributed by atoms with Crippen molar-refractivity contribution < 1.29 is 4.79 Å². The van der Waals surface area contributed by atoms with Crippen molar-refractivity contribution >= 4 is 28.7 Å². The Morgan fingerprint density at radius 1 is 1.47 bits per heavy atom. The van der Waals surface area contributed by atoms with Gasteiger partial charge in [-0.15, -0.1) is 0 Å². The number of nitrogens with zero attached hydrogens (tertiary/aromatic N) is 3. The van der Waals surface area contributed by atoms with E-state index in [0.29, 0.717) is 11.4 Å². The zero-order valence-electron chi connectivity index (χ0n) is 10.6. The highest BCUT2D eigenvalue weighted by molar-refractivity contribution is 6.30. The highest BCUT2D eigenvalue weighted by atomic mass is 35.5. The number of carbonyl (C=O) groups is 1. The lowest BCUT2D eigenvalue weighted by molar-refractivity contribution is -0.121. The van der Waals surface area contributed by atoms with Gasteiger partial charge in [0.1, 0.15) is 0 Å². The minimum atomic E-state index is -0.0478. The maximum Gasteiger partial charge on any atom is 0.240 e. The molecule has 0 fully saturated rings. The number of hydrogen-bond donors (Lipinski definition) is 1. The fraction of sp³-hybridized carbons (Fsp3) is 0.308. The number of amides is 1. The van der Waals surface area contributed by atoms with E-state index in [-0.39, 0.29) is 11.8 Å². The number of rotatable bonds is 1. The fourth-order valence-corrected chi connectivity index (χ4v) is 2.57. The molecule has 1 atom stereocenters. The van der Waals surface area contributed by atoms with Crippen molar-refractivity contribution in [3.05, 3.63) is 34.6 Å². The van der Waals surface area contributed by atoms with Crippen LogP contribution in [-0.4, -0.2) is 21.2 Å². The Balaban J connectivity index is 2.20. The zero-order valence-corrected chi connectivity index (χ0v) is 11.4. The summed E-state index contributed by atoms with van der Waals surface area (Å²) < 4.78 is 1.75. The van der Waals surface area contributed by atoms with Gasteiger partial charge in [0.05, 0.1) is 21.9 Å². The normalized spacial score (nSPS) is 19.4. The lowest BCUT2D eigenvalue weighted by Gasteiger charge is -2.18. The van der Waals surface area contributed by atoms with Crippen molar-refractivity contribution in [2.24, 2.45) is 11.0 Å². The second kappa shape index (κ2) is 4.35. The maximum atomic E-state index is 11.3. The smallest absolute Gasteiger partial charge is 0.240 e. The summed E-state index contributed by atoms with van der Waals surface area (Å²) in [6.07, 6.45) is 2.21. The topological polar surface area (TPSA) is 58.8 Å². The third-order valence-electron chi connectivity index (χ3n) is 3.28. The summed E-state index contributed by atoms with van der Waals surface area (Å²) in [5, 5.41) is 9.27. The Morgan fingerprint density at radius 3 is 3.00 bits per heavy atom. The molecule has 0 radical (unpaired) electrons. The van der Waals surface area contributed by atoms with Gasteiger partial charge in [-0.3, -0.25) is 4.79 Å². The van der Waals surface area contributed by atoms with Gasteiger partial charge >= 0.3 is 0 Å². The van der Waals surface area contributed by atoms with Gasteiger partial charge in [0.15, 0.2) is 0 Å². The number of fused-ring (bicyclic) bond motifs is 1. The van der Waals surface area contributed by atoms with Crippen molar-refractivity contribution in [2.45, 2.75) is 20.3 Å². The first-order chi connectivity index (χ1) is 9.06. The molecule has 1 unspecified atom stereocenters. The van der Waals surface area contributed by atoms with Crippen LogP contribution in [0.5, 0.6) is 0 Å². The molecule has 0 saturated carbocycles. The summed E-state index contributed by atoms with van der Waals surface area (Å²) in [7, 11) is 0. The van der Waals surface area contributed by atoms with Crippen LogP contribution in [0.3, 0.4) is 0 Å². The van der Waals surface area contributed by atoms with E-state index >= 15 is 0 Å². The lowest BCUT2D eigenvalue weighted by Crippen LogP contribution is -2.32. The van der Waals surface area contributed by atoms with Gasteiger partial charge in [0, 0.05) is 24.1 Å². The summed E-state index contributed by atoms with van der Waals surface area (Å²) in [5.41, 5.74) is 6.21. The first-order valence-corrected chi connectivity index (χ1v) is 6.45. The summed E-state index contributed by atoms with van der Waals surface area (Å²) in [6, 6.07) is 3.75. The molecule has 2 aromatic rings. The number of nitrogens with one attached hydrogen (secondary N) is 1. The van der Waals surface area contributed by atoms with E-state index in [9.17, 15) is 4.79 Å². The molecule has 0 bridgehead atoms. The maximum absolute atomic E-state index is 11.3. The molecule has 1 amide bonds. The van der Waals surface area contributed by atoms with Crippen molar-refractivity contribution in [3.63, 3.8) is 0 Å². The minimum absolute atomic E-state index is 0.0478. The largest absolute Gasteiger partial charge is 0.273 e. The highest BCUT2D eigenvalue weighted by Gasteiger charge is 2.25. The van der Waals surface area contributed by atoms with Crippen LogP contribution < -0.4 is 5.43 Å². The average molecular weight is 277 g/mol. The highest BCUT2D eigenvalue weighted by Crippen LogP contribution is 2.24. The van der Waals surface area contributed by atoms with Crippen LogP contribution in [0.4, 0.5) is 0 Å². The van der Waals surface area contributed by atoms with E-state index in [1.165, 1.54) is 0 Å². The molecule has 2 aromatic heterocycles. The van der Waals surface area contributed by atoms with E-state index in [1.54, 1.807) is 10.7 Å². The molecule has 1 aliphatic heterocycles. The minimum Gasteiger partial charge on any atom is -0.273 e. The van der Waals surface area contributed by atoms with Gasteiger partial charge in [-0.2, -0.15) is 10.2 Å². The molecule has 6 heteroatoms. The molecule has 19 heavy (non-hydrogen) atoms. The van der Waals surface area contributed by atoms with E-state index < -0.39 is 0 Å². The standard InChI is InChI=1S/C13H13ClN4O/c1-7-5-11(19)15-16-13(7)12-8(2)17-18-6-9(14)3-4-10(12)18/h3-4,6-7H,5H2,1-2H3,(H,15,19). The van der Waals surface area contributed by atoms with Gasteiger partial charge in [0.2, 0.25) is 5.91 Å². The van der Waals surface area contributed by atoms with Crippen molar-refractivity contribution in [1.29, 1.82) is 0 Å². The SMILES string of the molecule is Cc1nn2cc(Cl)ccc2c1C1=NNC(=O)CC1C. The fourth-order valence-electron chi connectivity index (χ4n) is 2.41. The molecule has 0 aliphatic carbocycles. The Kier molecular flexibility index (Phi) is 2.78. The van der Waals surface area contributed by atoms with Crippen molar-refractivity contribution in [3.8, 4) is 0 Å². The molecule has 1 N–H and O–H groups in total. The predicted octanol–water partition coefficient (Wildman–Crippen LogP) is 2.16. The Morgan fingerprint density at radius 2 is 2.26 bits per heavy atom. The molecule has 5 nitrogen and oxygen atoms in total.